The summed E-state index contributed by atoms with van der Waals surface area (Å²) in [6.45, 7) is 1.15. The highest BCUT2D eigenvalue weighted by Crippen LogP contribution is 2.32. The Balaban J connectivity index is 1.79. The number of aliphatic hydroxyl groups excluding tert-OH is 1. The second-order valence-corrected chi connectivity index (χ2v) is 5.46. The number of carbonyl (C=O) groups is 1. The second kappa shape index (κ2) is 6.40. The Bertz CT molecular complexity index is 926. The Morgan fingerprint density at radius 2 is 2.32 bits per heavy atom. The Morgan fingerprint density at radius 3 is 3.20 bits per heavy atom. The van der Waals surface area contributed by atoms with Crippen LogP contribution in [-0.4, -0.2) is 52.6 Å². The molecular weight excluding hydrogens is 324 g/mol. The summed E-state index contributed by atoms with van der Waals surface area (Å²) in [6.07, 6.45) is 4.86. The number of ether oxygens (including phenoxy) is 2. The van der Waals surface area contributed by atoms with E-state index in [2.05, 4.69) is 15.4 Å². The summed E-state index contributed by atoms with van der Waals surface area (Å²) in [6, 6.07) is 5.51. The lowest BCUT2D eigenvalue weighted by molar-refractivity contribution is -0.109. The van der Waals surface area contributed by atoms with E-state index in [4.69, 9.17) is 14.6 Å². The molecule has 8 heteroatoms. The maximum atomic E-state index is 12.4. The zero-order chi connectivity index (χ0) is 17.2. The molecule has 1 saturated heterocycles. The van der Waals surface area contributed by atoms with E-state index in [-0.39, 0.29) is 30.6 Å². The number of aromatic nitrogens is 2. The summed E-state index contributed by atoms with van der Waals surface area (Å²) in [5, 5.41) is 16.4. The van der Waals surface area contributed by atoms with Gasteiger partial charge < -0.3 is 19.9 Å². The average Bonchev–Trinajstić information content (AvgIpc) is 2.98. The highest BCUT2D eigenvalue weighted by Gasteiger charge is 2.24. The summed E-state index contributed by atoms with van der Waals surface area (Å²) in [7, 11) is 0. The number of ketones is 1. The van der Waals surface area contributed by atoms with Gasteiger partial charge in [0.25, 0.3) is 5.88 Å². The first kappa shape index (κ1) is 15.4. The quantitative estimate of drug-likeness (QED) is 0.797. The Hall–Kier alpha value is -3.13. The number of allylic oxidation sites excluding steroid dienone is 2. The number of aliphatic imine (C=N–C) groups is 1. The molecule has 8 nitrogen and oxygen atoms in total. The minimum atomic E-state index is -0.222. The predicted molar refractivity (Wildman–Crippen MR) is 90.0 cm³/mol. The van der Waals surface area contributed by atoms with Gasteiger partial charge in [0.15, 0.2) is 5.69 Å². The van der Waals surface area contributed by atoms with Gasteiger partial charge in [0.2, 0.25) is 5.78 Å². The van der Waals surface area contributed by atoms with Crippen LogP contribution in [-0.2, 0) is 9.53 Å². The van der Waals surface area contributed by atoms with E-state index < -0.39 is 0 Å². The summed E-state index contributed by atoms with van der Waals surface area (Å²) >= 11 is 0. The number of rotatable bonds is 4. The predicted octanol–water partition coefficient (Wildman–Crippen LogP) is 0.748. The van der Waals surface area contributed by atoms with E-state index in [1.807, 2.05) is 18.2 Å². The first-order chi connectivity index (χ1) is 12.3. The monoisotopic (exact) mass is 340 g/mol. The van der Waals surface area contributed by atoms with Crippen molar-refractivity contribution in [2.24, 2.45) is 4.99 Å². The summed E-state index contributed by atoms with van der Waals surface area (Å²) in [4.78, 5) is 16.9. The Morgan fingerprint density at radius 1 is 1.40 bits per heavy atom. The lowest BCUT2D eigenvalue weighted by Gasteiger charge is -2.23. The normalized spacial score (nSPS) is 18.3. The third-order valence-electron chi connectivity index (χ3n) is 3.78. The molecule has 1 aliphatic carbocycles. The number of pyridine rings is 1. The minimum absolute atomic E-state index is 0.0911. The van der Waals surface area contributed by atoms with Crippen molar-refractivity contribution in [3.05, 3.63) is 48.0 Å². The summed E-state index contributed by atoms with van der Waals surface area (Å²) < 4.78 is 12.7. The Kier molecular flexibility index (Phi) is 3.95. The molecule has 2 aromatic heterocycles. The smallest absolute Gasteiger partial charge is 0.260 e. The summed E-state index contributed by atoms with van der Waals surface area (Å²) in [5.74, 6) is 0.635. The van der Waals surface area contributed by atoms with Gasteiger partial charge >= 0.3 is 0 Å². The molecule has 2 N–H and O–H groups in total. The molecule has 3 heterocycles. The molecule has 0 radical (unpaired) electrons. The molecule has 25 heavy (non-hydrogen) atoms. The van der Waals surface area contributed by atoms with E-state index in [1.54, 1.807) is 16.8 Å². The van der Waals surface area contributed by atoms with E-state index in [0.717, 1.165) is 0 Å². The topological polar surface area (TPSA) is 97.5 Å². The first-order valence-corrected chi connectivity index (χ1v) is 7.91. The highest BCUT2D eigenvalue weighted by atomic mass is 16.5. The number of aliphatic hydroxyl groups is 1. The molecule has 0 bridgehead atoms. The van der Waals surface area contributed by atoms with Crippen LogP contribution < -0.4 is 10.1 Å². The van der Waals surface area contributed by atoms with E-state index in [1.165, 1.54) is 6.08 Å². The molecule has 2 aliphatic rings. The number of nitrogens with zero attached hydrogens (tertiary/aromatic N) is 3. The lowest BCUT2D eigenvalue weighted by atomic mass is 10.1. The second-order valence-electron chi connectivity index (χ2n) is 5.46. The number of hydrogen-bond donors (Lipinski definition) is 2. The first-order valence-electron chi connectivity index (χ1n) is 7.91. The molecular formula is C17H16N4O4. The largest absolute Gasteiger partial charge is 0.490 e. The molecule has 4 rings (SSSR count). The van der Waals surface area contributed by atoms with Crippen molar-refractivity contribution in [1.82, 2.24) is 14.9 Å². The van der Waals surface area contributed by atoms with Gasteiger partial charge in [-0.3, -0.25) is 4.79 Å². The fraction of sp³-hybridized carbons (Fsp3) is 0.235. The van der Waals surface area contributed by atoms with Crippen molar-refractivity contribution in [1.29, 1.82) is 0 Å². The van der Waals surface area contributed by atoms with Crippen LogP contribution in [0.5, 0.6) is 5.88 Å². The lowest BCUT2D eigenvalue weighted by Crippen LogP contribution is -2.31. The van der Waals surface area contributed by atoms with Crippen LogP contribution in [0.4, 0.5) is 5.69 Å². The van der Waals surface area contributed by atoms with Gasteiger partial charge in [-0.2, -0.15) is 0 Å². The molecule has 128 valence electrons. The maximum Gasteiger partial charge on any atom is 0.260 e. The van der Waals surface area contributed by atoms with Gasteiger partial charge in [-0.1, -0.05) is 6.07 Å². The van der Waals surface area contributed by atoms with E-state index >= 15 is 0 Å². The molecule has 0 spiro atoms. The van der Waals surface area contributed by atoms with Crippen LogP contribution in [0, 0.1) is 0 Å². The van der Waals surface area contributed by atoms with Crippen LogP contribution in [0.3, 0.4) is 0 Å². The number of carbonyl (C=O) groups excluding carboxylic acids is 1. The highest BCUT2D eigenvalue weighted by molar-refractivity contribution is 6.49. The number of fused-ring (bicyclic) bond motifs is 2. The molecule has 0 unspecified atom stereocenters. The van der Waals surface area contributed by atoms with Crippen molar-refractivity contribution < 1.29 is 19.4 Å². The third-order valence-corrected chi connectivity index (χ3v) is 3.78. The molecule has 0 aromatic carbocycles. The van der Waals surface area contributed by atoms with Gasteiger partial charge in [0.1, 0.15) is 24.7 Å². The molecule has 1 aliphatic heterocycles. The van der Waals surface area contributed by atoms with Crippen LogP contribution in [0.2, 0.25) is 0 Å². The van der Waals surface area contributed by atoms with Crippen molar-refractivity contribution in [2.75, 3.05) is 26.4 Å². The van der Waals surface area contributed by atoms with Crippen molar-refractivity contribution in [3.8, 4) is 5.88 Å². The van der Waals surface area contributed by atoms with Crippen LogP contribution in [0.1, 0.15) is 0 Å². The van der Waals surface area contributed by atoms with Crippen LogP contribution >= 0.6 is 0 Å². The molecule has 0 atom stereocenters. The standard InChI is InChI=1S/C17H16N4O4/c22-6-8-25-17-16(13-3-1-2-5-21(13)20-17)19-11-10-15-12(9-14(11)23)18-4-7-24-15/h1-3,5,9-10,18,22H,4,6-8H2. The minimum Gasteiger partial charge on any atom is -0.490 e. The fourth-order valence-electron chi connectivity index (χ4n) is 2.67. The van der Waals surface area contributed by atoms with Crippen LogP contribution in [0.15, 0.2) is 53.0 Å². The average molecular weight is 340 g/mol. The summed E-state index contributed by atoms with van der Waals surface area (Å²) in [5.41, 5.74) is 2.06. The van der Waals surface area contributed by atoms with Gasteiger partial charge in [-0.05, 0) is 12.1 Å². The van der Waals surface area contributed by atoms with Crippen LogP contribution in [0.25, 0.3) is 5.52 Å². The van der Waals surface area contributed by atoms with Gasteiger partial charge in [0.05, 0.1) is 17.8 Å². The number of hydrogen-bond acceptors (Lipinski definition) is 7. The van der Waals surface area contributed by atoms with E-state index in [0.29, 0.717) is 35.8 Å². The maximum absolute atomic E-state index is 12.4. The van der Waals surface area contributed by atoms with Crippen molar-refractivity contribution >= 4 is 22.7 Å². The zero-order valence-electron chi connectivity index (χ0n) is 13.3. The molecule has 1 fully saturated rings. The SMILES string of the molecule is O=C1C=C2NCCOC2=CC1=Nc1c(OCCO)nn2ccccc12. The van der Waals surface area contributed by atoms with Crippen molar-refractivity contribution in [2.45, 2.75) is 0 Å². The molecule has 0 saturated carbocycles. The Labute approximate surface area is 143 Å². The van der Waals surface area contributed by atoms with Crippen molar-refractivity contribution in [3.63, 3.8) is 0 Å². The van der Waals surface area contributed by atoms with Gasteiger partial charge in [-0.15, -0.1) is 5.10 Å². The van der Waals surface area contributed by atoms with Gasteiger partial charge in [-0.25, -0.2) is 9.51 Å². The number of morpholine rings is 1. The zero-order valence-corrected chi connectivity index (χ0v) is 13.3. The molecule has 2 aromatic rings. The fourth-order valence-corrected chi connectivity index (χ4v) is 2.67. The third kappa shape index (κ3) is 2.87. The number of nitrogens with one attached hydrogen (secondary N) is 1. The van der Waals surface area contributed by atoms with E-state index in [9.17, 15) is 4.79 Å². The van der Waals surface area contributed by atoms with Gasteiger partial charge in [0, 0.05) is 24.9 Å². The molecule has 0 amide bonds.